The van der Waals surface area contributed by atoms with E-state index < -0.39 is 0 Å². The van der Waals surface area contributed by atoms with E-state index in [4.69, 9.17) is 11.5 Å². The summed E-state index contributed by atoms with van der Waals surface area (Å²) < 4.78 is 13.3. The standard InChI is InChI=1S/C15H24FN3/c1-11-10-13(2-3-14(11)16)15(18)12-4-7-19(8-5-12)9-6-17/h2-3,10,12,15H,4-9,17-18H2,1H3. The fraction of sp³-hybridized carbons (Fsp3) is 0.600. The minimum atomic E-state index is -0.159. The van der Waals surface area contributed by atoms with E-state index in [2.05, 4.69) is 4.90 Å². The Labute approximate surface area is 114 Å². The van der Waals surface area contributed by atoms with Gasteiger partial charge in [0.25, 0.3) is 0 Å². The Morgan fingerprint density at radius 2 is 2.05 bits per heavy atom. The molecule has 0 bridgehead atoms. The second kappa shape index (κ2) is 6.46. The molecule has 0 aromatic heterocycles. The molecule has 1 aromatic carbocycles. The zero-order valence-corrected chi connectivity index (χ0v) is 11.6. The molecule has 1 aliphatic rings. The Kier molecular flexibility index (Phi) is 4.91. The molecule has 1 fully saturated rings. The zero-order chi connectivity index (χ0) is 13.8. The first-order valence-electron chi connectivity index (χ1n) is 7.06. The molecule has 4 heteroatoms. The van der Waals surface area contributed by atoms with Gasteiger partial charge < -0.3 is 16.4 Å². The molecule has 1 aliphatic heterocycles. The van der Waals surface area contributed by atoms with Crippen LogP contribution in [-0.2, 0) is 0 Å². The van der Waals surface area contributed by atoms with E-state index in [1.807, 2.05) is 12.1 Å². The molecule has 0 saturated carbocycles. The number of nitrogens with zero attached hydrogens (tertiary/aromatic N) is 1. The van der Waals surface area contributed by atoms with Crippen LogP contribution in [0.15, 0.2) is 18.2 Å². The van der Waals surface area contributed by atoms with Crippen LogP contribution in [0.2, 0.25) is 0 Å². The van der Waals surface area contributed by atoms with Gasteiger partial charge in [0, 0.05) is 19.1 Å². The van der Waals surface area contributed by atoms with Crippen LogP contribution in [0.3, 0.4) is 0 Å². The molecule has 1 atom stereocenters. The first-order chi connectivity index (χ1) is 9.11. The average molecular weight is 265 g/mol. The maximum absolute atomic E-state index is 13.3. The summed E-state index contributed by atoms with van der Waals surface area (Å²) in [5, 5.41) is 0. The minimum Gasteiger partial charge on any atom is -0.329 e. The smallest absolute Gasteiger partial charge is 0.126 e. The van der Waals surface area contributed by atoms with E-state index in [-0.39, 0.29) is 11.9 Å². The summed E-state index contributed by atoms with van der Waals surface area (Å²) in [7, 11) is 0. The van der Waals surface area contributed by atoms with Crippen molar-refractivity contribution in [2.24, 2.45) is 17.4 Å². The maximum Gasteiger partial charge on any atom is 0.126 e. The van der Waals surface area contributed by atoms with Gasteiger partial charge in [0.1, 0.15) is 5.82 Å². The molecule has 19 heavy (non-hydrogen) atoms. The van der Waals surface area contributed by atoms with Gasteiger partial charge in [0.15, 0.2) is 0 Å². The highest BCUT2D eigenvalue weighted by atomic mass is 19.1. The second-order valence-electron chi connectivity index (χ2n) is 5.50. The van der Waals surface area contributed by atoms with Gasteiger partial charge in [-0.2, -0.15) is 0 Å². The Hall–Kier alpha value is -0.970. The van der Waals surface area contributed by atoms with Crippen molar-refractivity contribution in [2.45, 2.75) is 25.8 Å². The molecule has 1 aromatic rings. The van der Waals surface area contributed by atoms with Gasteiger partial charge in [-0.1, -0.05) is 12.1 Å². The number of piperidine rings is 1. The van der Waals surface area contributed by atoms with E-state index in [0.717, 1.165) is 38.0 Å². The summed E-state index contributed by atoms with van der Waals surface area (Å²) in [5.74, 6) is 0.326. The first kappa shape index (κ1) is 14.4. The van der Waals surface area contributed by atoms with Crippen molar-refractivity contribution in [3.8, 4) is 0 Å². The van der Waals surface area contributed by atoms with Crippen LogP contribution in [0.5, 0.6) is 0 Å². The Bertz CT molecular complexity index is 414. The molecule has 3 nitrogen and oxygen atoms in total. The van der Waals surface area contributed by atoms with Gasteiger partial charge in [0.2, 0.25) is 0 Å². The second-order valence-corrected chi connectivity index (χ2v) is 5.50. The zero-order valence-electron chi connectivity index (χ0n) is 11.6. The third-order valence-corrected chi connectivity index (χ3v) is 4.15. The van der Waals surface area contributed by atoms with Gasteiger partial charge in [-0.25, -0.2) is 4.39 Å². The van der Waals surface area contributed by atoms with Crippen molar-refractivity contribution in [1.29, 1.82) is 0 Å². The quantitative estimate of drug-likeness (QED) is 0.873. The highest BCUT2D eigenvalue weighted by molar-refractivity contribution is 5.26. The lowest BCUT2D eigenvalue weighted by molar-refractivity contribution is 0.173. The van der Waals surface area contributed by atoms with E-state index in [9.17, 15) is 4.39 Å². The Morgan fingerprint density at radius 1 is 1.37 bits per heavy atom. The molecule has 0 aliphatic carbocycles. The Balaban J connectivity index is 1.97. The summed E-state index contributed by atoms with van der Waals surface area (Å²) in [6.45, 7) is 5.60. The summed E-state index contributed by atoms with van der Waals surface area (Å²) in [5.41, 5.74) is 13.6. The number of rotatable bonds is 4. The highest BCUT2D eigenvalue weighted by Crippen LogP contribution is 2.29. The lowest BCUT2D eigenvalue weighted by Gasteiger charge is -2.34. The molecule has 0 spiro atoms. The number of hydrogen-bond acceptors (Lipinski definition) is 3. The largest absolute Gasteiger partial charge is 0.329 e. The summed E-state index contributed by atoms with van der Waals surface area (Å²) >= 11 is 0. The van der Waals surface area contributed by atoms with E-state index in [1.165, 1.54) is 6.07 Å². The lowest BCUT2D eigenvalue weighted by atomic mass is 9.85. The SMILES string of the molecule is Cc1cc(C(N)C2CCN(CCN)CC2)ccc1F. The summed E-state index contributed by atoms with van der Waals surface area (Å²) in [4.78, 5) is 2.39. The Morgan fingerprint density at radius 3 is 2.63 bits per heavy atom. The van der Waals surface area contributed by atoms with Gasteiger partial charge in [-0.15, -0.1) is 0 Å². The molecule has 4 N–H and O–H groups in total. The molecule has 1 unspecified atom stereocenters. The van der Waals surface area contributed by atoms with Gasteiger partial charge in [0.05, 0.1) is 0 Å². The van der Waals surface area contributed by atoms with Crippen molar-refractivity contribution in [2.75, 3.05) is 26.2 Å². The average Bonchev–Trinajstić information content (AvgIpc) is 2.42. The third kappa shape index (κ3) is 3.53. The minimum absolute atomic E-state index is 0.0133. The summed E-state index contributed by atoms with van der Waals surface area (Å²) in [6.07, 6.45) is 2.19. The fourth-order valence-corrected chi connectivity index (χ4v) is 2.87. The van der Waals surface area contributed by atoms with E-state index >= 15 is 0 Å². The number of halogens is 1. The summed E-state index contributed by atoms with van der Waals surface area (Å²) in [6, 6.07) is 5.24. The molecular weight excluding hydrogens is 241 g/mol. The van der Waals surface area contributed by atoms with Crippen molar-refractivity contribution in [3.05, 3.63) is 35.1 Å². The van der Waals surface area contributed by atoms with Gasteiger partial charge in [-0.3, -0.25) is 0 Å². The van der Waals surface area contributed by atoms with Crippen LogP contribution in [0.25, 0.3) is 0 Å². The number of likely N-dealkylation sites (tertiary alicyclic amines) is 1. The van der Waals surface area contributed by atoms with Crippen LogP contribution in [0, 0.1) is 18.7 Å². The number of nitrogens with two attached hydrogens (primary N) is 2. The van der Waals surface area contributed by atoms with Crippen LogP contribution >= 0.6 is 0 Å². The predicted molar refractivity (Wildman–Crippen MR) is 76.3 cm³/mol. The monoisotopic (exact) mass is 265 g/mol. The van der Waals surface area contributed by atoms with Crippen molar-refractivity contribution < 1.29 is 4.39 Å². The van der Waals surface area contributed by atoms with Crippen molar-refractivity contribution >= 4 is 0 Å². The van der Waals surface area contributed by atoms with Gasteiger partial charge >= 0.3 is 0 Å². The normalized spacial score (nSPS) is 19.6. The number of benzene rings is 1. The fourth-order valence-electron chi connectivity index (χ4n) is 2.87. The van der Waals surface area contributed by atoms with Crippen molar-refractivity contribution in [1.82, 2.24) is 4.90 Å². The molecule has 0 radical (unpaired) electrons. The third-order valence-electron chi connectivity index (χ3n) is 4.15. The van der Waals surface area contributed by atoms with Crippen LogP contribution in [0.4, 0.5) is 4.39 Å². The highest BCUT2D eigenvalue weighted by Gasteiger charge is 2.25. The van der Waals surface area contributed by atoms with E-state index in [0.29, 0.717) is 18.0 Å². The maximum atomic E-state index is 13.3. The van der Waals surface area contributed by atoms with Crippen LogP contribution < -0.4 is 11.5 Å². The van der Waals surface area contributed by atoms with Crippen LogP contribution in [0.1, 0.15) is 30.0 Å². The molecule has 106 valence electrons. The van der Waals surface area contributed by atoms with E-state index in [1.54, 1.807) is 6.92 Å². The van der Waals surface area contributed by atoms with Gasteiger partial charge in [-0.05, 0) is 56.0 Å². The molecule has 0 amide bonds. The first-order valence-corrected chi connectivity index (χ1v) is 7.06. The number of aryl methyl sites for hydroxylation is 1. The molecule has 1 saturated heterocycles. The molecule has 2 rings (SSSR count). The molecular formula is C15H24FN3. The predicted octanol–water partition coefficient (Wildman–Crippen LogP) is 1.80. The van der Waals surface area contributed by atoms with Crippen molar-refractivity contribution in [3.63, 3.8) is 0 Å². The van der Waals surface area contributed by atoms with Crippen LogP contribution in [-0.4, -0.2) is 31.1 Å². The topological polar surface area (TPSA) is 55.3 Å². The number of hydrogen-bond donors (Lipinski definition) is 2. The lowest BCUT2D eigenvalue weighted by Crippen LogP contribution is -2.39. The molecule has 1 heterocycles.